The molecule has 2 fully saturated rings. The van der Waals surface area contributed by atoms with Crippen LogP contribution in [0.3, 0.4) is 0 Å². The molecule has 1 N–H and O–H groups in total. The van der Waals surface area contributed by atoms with Gasteiger partial charge < -0.3 is 0 Å². The Labute approximate surface area is 76.2 Å². The molecule has 0 aromatic carbocycles. The highest BCUT2D eigenvalue weighted by Gasteiger charge is 2.64. The van der Waals surface area contributed by atoms with E-state index in [0.717, 1.165) is 6.42 Å². The van der Waals surface area contributed by atoms with Crippen molar-refractivity contribution in [3.05, 3.63) is 12.2 Å². The monoisotopic (exact) mass is 177 g/mol. The average molecular weight is 177 g/mol. The molecule has 2 aliphatic carbocycles. The molecule has 3 heteroatoms. The summed E-state index contributed by atoms with van der Waals surface area (Å²) in [6, 6.07) is 0. The first-order valence-electron chi connectivity index (χ1n) is 4.67. The molecule has 68 valence electrons. The third-order valence-corrected chi connectivity index (χ3v) is 3.97. The maximum atomic E-state index is 11.6. The minimum Gasteiger partial charge on any atom is -0.296 e. The summed E-state index contributed by atoms with van der Waals surface area (Å²) in [6.45, 7) is 1.92. The fraction of sp³-hybridized carbons (Fsp3) is 0.600. The lowest BCUT2D eigenvalue weighted by Gasteiger charge is -2.27. The molecule has 0 aromatic heterocycles. The second-order valence-corrected chi connectivity index (χ2v) is 4.47. The molecular weight excluding hydrogens is 166 g/mol. The van der Waals surface area contributed by atoms with Crippen molar-refractivity contribution >= 4 is 11.8 Å². The fourth-order valence-electron chi connectivity index (χ4n) is 3.20. The first-order chi connectivity index (χ1) is 6.14. The van der Waals surface area contributed by atoms with Crippen LogP contribution in [0, 0.1) is 23.2 Å². The highest BCUT2D eigenvalue weighted by molar-refractivity contribution is 6.08. The van der Waals surface area contributed by atoms with E-state index in [2.05, 4.69) is 17.5 Å². The zero-order valence-corrected chi connectivity index (χ0v) is 7.41. The van der Waals surface area contributed by atoms with Gasteiger partial charge in [-0.15, -0.1) is 0 Å². The standard InChI is InChI=1S/C10H11NO2/c1-10-6-3-2-5(4-6)7(10)8(12)11-9(10)13/h2-3,5-7H,4H2,1H3,(H,11,12,13). The quantitative estimate of drug-likeness (QED) is 0.432. The number of nitrogens with one attached hydrogen (secondary N) is 1. The maximum absolute atomic E-state index is 11.6. The molecule has 0 radical (unpaired) electrons. The number of hydrogen-bond donors (Lipinski definition) is 1. The molecule has 3 aliphatic rings. The van der Waals surface area contributed by atoms with Crippen molar-refractivity contribution < 1.29 is 9.59 Å². The van der Waals surface area contributed by atoms with Gasteiger partial charge in [-0.25, -0.2) is 0 Å². The van der Waals surface area contributed by atoms with E-state index in [-0.39, 0.29) is 23.7 Å². The van der Waals surface area contributed by atoms with E-state index in [1.807, 2.05) is 6.92 Å². The fourth-order valence-corrected chi connectivity index (χ4v) is 3.20. The van der Waals surface area contributed by atoms with Crippen LogP contribution in [0.2, 0.25) is 0 Å². The normalized spacial score (nSPS) is 51.3. The minimum atomic E-state index is -0.434. The lowest BCUT2D eigenvalue weighted by molar-refractivity contribution is -0.129. The smallest absolute Gasteiger partial charge is 0.233 e. The van der Waals surface area contributed by atoms with Crippen LogP contribution in [0.4, 0.5) is 0 Å². The average Bonchev–Trinajstić information content (AvgIpc) is 2.66. The lowest BCUT2D eigenvalue weighted by Crippen LogP contribution is -2.35. The summed E-state index contributed by atoms with van der Waals surface area (Å²) in [5.41, 5.74) is -0.434. The topological polar surface area (TPSA) is 46.2 Å². The van der Waals surface area contributed by atoms with Crippen LogP contribution in [0.1, 0.15) is 13.3 Å². The Kier molecular flexibility index (Phi) is 1.05. The van der Waals surface area contributed by atoms with Crippen LogP contribution in [0.15, 0.2) is 12.2 Å². The second kappa shape index (κ2) is 1.86. The predicted octanol–water partition coefficient (Wildman–Crippen LogP) is 0.471. The van der Waals surface area contributed by atoms with Gasteiger partial charge in [0.2, 0.25) is 11.8 Å². The highest BCUT2D eigenvalue weighted by Crippen LogP contribution is 2.58. The van der Waals surface area contributed by atoms with Gasteiger partial charge in [-0.05, 0) is 25.2 Å². The lowest BCUT2D eigenvalue weighted by atomic mass is 9.71. The van der Waals surface area contributed by atoms with Crippen molar-refractivity contribution in [1.82, 2.24) is 5.32 Å². The molecule has 0 spiro atoms. The first-order valence-corrected chi connectivity index (χ1v) is 4.67. The summed E-state index contributed by atoms with van der Waals surface area (Å²) in [5, 5.41) is 2.44. The Balaban J connectivity index is 2.17. The van der Waals surface area contributed by atoms with Crippen molar-refractivity contribution in [2.75, 3.05) is 0 Å². The van der Waals surface area contributed by atoms with Crippen LogP contribution in [-0.2, 0) is 9.59 Å². The van der Waals surface area contributed by atoms with E-state index in [1.54, 1.807) is 0 Å². The summed E-state index contributed by atoms with van der Waals surface area (Å²) >= 11 is 0. The molecule has 0 aromatic rings. The van der Waals surface area contributed by atoms with Gasteiger partial charge in [-0.3, -0.25) is 14.9 Å². The van der Waals surface area contributed by atoms with Gasteiger partial charge in [-0.1, -0.05) is 12.2 Å². The number of hydrogen-bond acceptors (Lipinski definition) is 2. The zero-order valence-electron chi connectivity index (χ0n) is 7.41. The summed E-state index contributed by atoms with van der Waals surface area (Å²) < 4.78 is 0. The molecule has 4 unspecified atom stereocenters. The van der Waals surface area contributed by atoms with E-state index in [1.165, 1.54) is 0 Å². The van der Waals surface area contributed by atoms with Crippen molar-refractivity contribution in [2.45, 2.75) is 13.3 Å². The number of allylic oxidation sites excluding steroid dienone is 2. The molecule has 1 heterocycles. The molecule has 1 aliphatic heterocycles. The van der Waals surface area contributed by atoms with Gasteiger partial charge in [0, 0.05) is 0 Å². The second-order valence-electron chi connectivity index (χ2n) is 4.47. The summed E-state index contributed by atoms with van der Waals surface area (Å²) in [7, 11) is 0. The van der Waals surface area contributed by atoms with Gasteiger partial charge in [0.15, 0.2) is 0 Å². The number of carbonyl (C=O) groups is 2. The number of imide groups is 1. The van der Waals surface area contributed by atoms with E-state index in [9.17, 15) is 9.59 Å². The van der Waals surface area contributed by atoms with Gasteiger partial charge >= 0.3 is 0 Å². The Morgan fingerprint density at radius 3 is 2.92 bits per heavy atom. The first kappa shape index (κ1) is 7.30. The van der Waals surface area contributed by atoms with Crippen molar-refractivity contribution in [3.63, 3.8) is 0 Å². The van der Waals surface area contributed by atoms with Crippen LogP contribution in [0.25, 0.3) is 0 Å². The Bertz CT molecular complexity index is 347. The number of fused-ring (bicyclic) bond motifs is 5. The molecule has 2 bridgehead atoms. The van der Waals surface area contributed by atoms with E-state index in [4.69, 9.17) is 0 Å². The van der Waals surface area contributed by atoms with E-state index < -0.39 is 5.41 Å². The molecule has 4 atom stereocenters. The molecule has 3 rings (SSSR count). The van der Waals surface area contributed by atoms with E-state index in [0.29, 0.717) is 5.92 Å². The largest absolute Gasteiger partial charge is 0.296 e. The summed E-state index contributed by atoms with van der Waals surface area (Å²) in [5.74, 6) is 0.370. The third-order valence-electron chi connectivity index (χ3n) is 3.97. The van der Waals surface area contributed by atoms with Gasteiger partial charge in [0.1, 0.15) is 0 Å². The highest BCUT2D eigenvalue weighted by atomic mass is 16.2. The van der Waals surface area contributed by atoms with Crippen LogP contribution < -0.4 is 5.32 Å². The van der Waals surface area contributed by atoms with Crippen molar-refractivity contribution in [2.24, 2.45) is 23.2 Å². The van der Waals surface area contributed by atoms with Gasteiger partial charge in [0.05, 0.1) is 11.3 Å². The molecule has 3 nitrogen and oxygen atoms in total. The van der Waals surface area contributed by atoms with Crippen LogP contribution in [-0.4, -0.2) is 11.8 Å². The third kappa shape index (κ3) is 0.598. The number of rotatable bonds is 0. The molecule has 1 saturated heterocycles. The Morgan fingerprint density at radius 1 is 1.46 bits per heavy atom. The van der Waals surface area contributed by atoms with Crippen molar-refractivity contribution in [3.8, 4) is 0 Å². The van der Waals surface area contributed by atoms with E-state index >= 15 is 0 Å². The van der Waals surface area contributed by atoms with Crippen LogP contribution in [0.5, 0.6) is 0 Å². The number of amides is 2. The predicted molar refractivity (Wildman–Crippen MR) is 45.5 cm³/mol. The van der Waals surface area contributed by atoms with Crippen LogP contribution >= 0.6 is 0 Å². The van der Waals surface area contributed by atoms with Crippen molar-refractivity contribution in [1.29, 1.82) is 0 Å². The minimum absolute atomic E-state index is 0.0654. The molecule has 13 heavy (non-hydrogen) atoms. The zero-order chi connectivity index (χ0) is 9.22. The van der Waals surface area contributed by atoms with Gasteiger partial charge in [0.25, 0.3) is 0 Å². The summed E-state index contributed by atoms with van der Waals surface area (Å²) in [6.07, 6.45) is 5.18. The Hall–Kier alpha value is -1.12. The molecule has 1 saturated carbocycles. The summed E-state index contributed by atoms with van der Waals surface area (Å²) in [4.78, 5) is 23.1. The Morgan fingerprint density at radius 2 is 2.23 bits per heavy atom. The molecule has 2 amide bonds. The van der Waals surface area contributed by atoms with Gasteiger partial charge in [-0.2, -0.15) is 0 Å². The maximum Gasteiger partial charge on any atom is 0.233 e. The SMILES string of the molecule is CC12C(=O)NC(=O)C1C1C=CC2C1. The molecular formula is C10H11NO2. The number of carbonyl (C=O) groups excluding carboxylic acids is 2.